The monoisotopic (exact) mass is 403 g/mol. The molecule has 2 unspecified atom stereocenters. The topological polar surface area (TPSA) is 79.8 Å². The Balaban J connectivity index is 0.00000225. The summed E-state index contributed by atoms with van der Waals surface area (Å²) >= 11 is 0. The highest BCUT2D eigenvalue weighted by atomic mass is 35.5. The maximum absolute atomic E-state index is 13.4. The largest absolute Gasteiger partial charge is 0.459 e. The van der Waals surface area contributed by atoms with Crippen molar-refractivity contribution >= 4 is 24.2 Å². The van der Waals surface area contributed by atoms with Crippen LogP contribution in [0.4, 0.5) is 0 Å². The van der Waals surface area contributed by atoms with Crippen LogP contribution in [0.25, 0.3) is 0 Å². The van der Waals surface area contributed by atoms with Crippen LogP contribution in [-0.2, 0) is 17.8 Å². The first-order valence-corrected chi connectivity index (χ1v) is 9.41. The summed E-state index contributed by atoms with van der Waals surface area (Å²) in [5, 5.41) is 0. The normalized spacial score (nSPS) is 23.9. The van der Waals surface area contributed by atoms with E-state index in [4.69, 9.17) is 10.2 Å². The van der Waals surface area contributed by atoms with E-state index in [-0.39, 0.29) is 35.4 Å². The molecular formula is C21H26ClN3O3. The molecule has 2 amide bonds. The molecule has 2 N–H and O–H groups in total. The molecule has 6 nitrogen and oxygen atoms in total. The van der Waals surface area contributed by atoms with Crippen LogP contribution in [0.3, 0.4) is 0 Å². The first-order valence-electron chi connectivity index (χ1n) is 9.41. The van der Waals surface area contributed by atoms with E-state index >= 15 is 0 Å². The van der Waals surface area contributed by atoms with Crippen molar-refractivity contribution in [1.29, 1.82) is 0 Å². The zero-order valence-electron chi connectivity index (χ0n) is 16.0. The fraction of sp³-hybridized carbons (Fsp3) is 0.429. The average Bonchev–Trinajstić information content (AvgIpc) is 3.36. The van der Waals surface area contributed by atoms with E-state index < -0.39 is 6.04 Å². The number of likely N-dealkylation sites (tertiary alicyclic amines) is 1. The number of furan rings is 1. The number of carbonyl (C=O) groups excluding carboxylic acids is 2. The lowest BCUT2D eigenvalue weighted by Crippen LogP contribution is -2.53. The molecule has 7 heteroatoms. The van der Waals surface area contributed by atoms with Gasteiger partial charge in [-0.3, -0.25) is 9.59 Å². The average molecular weight is 404 g/mol. The number of fused-ring (bicyclic) bond motifs is 1. The summed E-state index contributed by atoms with van der Waals surface area (Å²) in [6.07, 6.45) is 2.90. The molecular weight excluding hydrogens is 378 g/mol. The minimum absolute atomic E-state index is 0. The van der Waals surface area contributed by atoms with Crippen LogP contribution in [0.15, 0.2) is 47.1 Å². The zero-order chi connectivity index (χ0) is 19.0. The van der Waals surface area contributed by atoms with E-state index in [1.165, 1.54) is 6.26 Å². The van der Waals surface area contributed by atoms with Crippen molar-refractivity contribution in [3.63, 3.8) is 0 Å². The molecule has 0 aliphatic carbocycles. The standard InChI is InChI=1S/C21H25N3O3.ClH/c1-21(13-22)8-9-23(14-21)19(25)17-11-15-5-2-3-6-16(15)12-24(17)20(26)18-7-4-10-27-18;/h2-7,10,17H,8-9,11-14,22H2,1H3;1H. The molecule has 1 aromatic carbocycles. The molecule has 1 saturated heterocycles. The lowest BCUT2D eigenvalue weighted by Gasteiger charge is -2.37. The molecule has 0 bridgehead atoms. The van der Waals surface area contributed by atoms with Crippen LogP contribution in [0.2, 0.25) is 0 Å². The predicted molar refractivity (Wildman–Crippen MR) is 108 cm³/mol. The number of nitrogens with zero attached hydrogens (tertiary/aromatic N) is 2. The van der Waals surface area contributed by atoms with Gasteiger partial charge in [-0.25, -0.2) is 0 Å². The van der Waals surface area contributed by atoms with Crippen LogP contribution >= 0.6 is 12.4 Å². The summed E-state index contributed by atoms with van der Waals surface area (Å²) in [7, 11) is 0. The van der Waals surface area contributed by atoms with E-state index in [1.807, 2.05) is 29.2 Å². The van der Waals surface area contributed by atoms with Gasteiger partial charge in [-0.1, -0.05) is 31.2 Å². The third-order valence-electron chi connectivity index (χ3n) is 5.89. The van der Waals surface area contributed by atoms with Crippen molar-refractivity contribution in [2.45, 2.75) is 32.4 Å². The number of hydrogen-bond donors (Lipinski definition) is 1. The van der Waals surface area contributed by atoms with Crippen LogP contribution in [0.5, 0.6) is 0 Å². The van der Waals surface area contributed by atoms with Gasteiger partial charge in [0.25, 0.3) is 5.91 Å². The number of benzene rings is 1. The lowest BCUT2D eigenvalue weighted by molar-refractivity contribution is -0.136. The third kappa shape index (κ3) is 3.66. The van der Waals surface area contributed by atoms with E-state index in [2.05, 4.69) is 6.92 Å². The molecule has 1 fully saturated rings. The molecule has 0 spiro atoms. The van der Waals surface area contributed by atoms with E-state index in [9.17, 15) is 9.59 Å². The van der Waals surface area contributed by atoms with Crippen molar-refractivity contribution in [3.8, 4) is 0 Å². The highest BCUT2D eigenvalue weighted by Crippen LogP contribution is 2.32. The molecule has 0 radical (unpaired) electrons. The quantitative estimate of drug-likeness (QED) is 0.853. The molecule has 150 valence electrons. The number of nitrogens with two attached hydrogens (primary N) is 1. The van der Waals surface area contributed by atoms with Crippen LogP contribution in [-0.4, -0.2) is 47.3 Å². The fourth-order valence-electron chi connectivity index (χ4n) is 4.09. The van der Waals surface area contributed by atoms with Gasteiger partial charge in [0.15, 0.2) is 5.76 Å². The summed E-state index contributed by atoms with van der Waals surface area (Å²) in [5.74, 6) is 0.0237. The molecule has 2 aliphatic heterocycles. The number of halogens is 1. The fourth-order valence-corrected chi connectivity index (χ4v) is 4.09. The zero-order valence-corrected chi connectivity index (χ0v) is 16.8. The summed E-state index contributed by atoms with van der Waals surface area (Å²) in [6, 6.07) is 10.8. The van der Waals surface area contributed by atoms with E-state index in [0.29, 0.717) is 32.6 Å². The van der Waals surface area contributed by atoms with E-state index in [0.717, 1.165) is 17.5 Å². The van der Waals surface area contributed by atoms with Crippen molar-refractivity contribution in [2.75, 3.05) is 19.6 Å². The minimum Gasteiger partial charge on any atom is -0.459 e. The molecule has 1 aromatic heterocycles. The highest BCUT2D eigenvalue weighted by molar-refractivity contribution is 5.96. The van der Waals surface area contributed by atoms with Crippen molar-refractivity contribution in [3.05, 3.63) is 59.5 Å². The molecule has 0 saturated carbocycles. The van der Waals surface area contributed by atoms with Gasteiger partial charge in [0.1, 0.15) is 6.04 Å². The van der Waals surface area contributed by atoms with Gasteiger partial charge in [-0.15, -0.1) is 12.4 Å². The predicted octanol–water partition coefficient (Wildman–Crippen LogP) is 2.47. The maximum atomic E-state index is 13.4. The Hall–Kier alpha value is -2.31. The number of rotatable bonds is 3. The smallest absolute Gasteiger partial charge is 0.290 e. The third-order valence-corrected chi connectivity index (χ3v) is 5.89. The first kappa shape index (κ1) is 20.4. The Morgan fingerprint density at radius 2 is 1.96 bits per heavy atom. The molecule has 2 aliphatic rings. The summed E-state index contributed by atoms with van der Waals surface area (Å²) in [5.41, 5.74) is 8.06. The van der Waals surface area contributed by atoms with Crippen molar-refractivity contribution < 1.29 is 14.0 Å². The maximum Gasteiger partial charge on any atom is 0.290 e. The van der Waals surface area contributed by atoms with Crippen LogP contribution < -0.4 is 5.73 Å². The van der Waals surface area contributed by atoms with Gasteiger partial charge < -0.3 is 20.0 Å². The van der Waals surface area contributed by atoms with Crippen molar-refractivity contribution in [1.82, 2.24) is 9.80 Å². The number of hydrogen-bond acceptors (Lipinski definition) is 4. The van der Waals surface area contributed by atoms with Crippen molar-refractivity contribution in [2.24, 2.45) is 11.1 Å². The Labute approximate surface area is 171 Å². The molecule has 28 heavy (non-hydrogen) atoms. The van der Waals surface area contributed by atoms with Gasteiger partial charge >= 0.3 is 0 Å². The Kier molecular flexibility index (Phi) is 5.82. The molecule has 2 aromatic rings. The summed E-state index contributed by atoms with van der Waals surface area (Å²) in [4.78, 5) is 29.9. The van der Waals surface area contributed by atoms with Gasteiger partial charge in [-0.2, -0.15) is 0 Å². The van der Waals surface area contributed by atoms with Crippen LogP contribution in [0, 0.1) is 5.41 Å². The second kappa shape index (κ2) is 7.97. The van der Waals surface area contributed by atoms with E-state index in [1.54, 1.807) is 17.0 Å². The summed E-state index contributed by atoms with van der Waals surface area (Å²) < 4.78 is 5.31. The Bertz CT molecular complexity index is 854. The first-order chi connectivity index (χ1) is 13.0. The second-order valence-electron chi connectivity index (χ2n) is 7.92. The minimum atomic E-state index is -0.516. The second-order valence-corrected chi connectivity index (χ2v) is 7.92. The lowest BCUT2D eigenvalue weighted by atomic mass is 9.90. The van der Waals surface area contributed by atoms with Gasteiger partial charge in [-0.05, 0) is 41.6 Å². The Morgan fingerprint density at radius 3 is 2.61 bits per heavy atom. The highest BCUT2D eigenvalue weighted by Gasteiger charge is 2.42. The van der Waals surface area contributed by atoms with Crippen LogP contribution in [0.1, 0.15) is 35.0 Å². The molecule has 2 atom stereocenters. The Morgan fingerprint density at radius 1 is 1.21 bits per heavy atom. The van der Waals surface area contributed by atoms with Gasteiger partial charge in [0.05, 0.1) is 6.26 Å². The number of carbonyl (C=O) groups is 2. The number of amides is 2. The van der Waals surface area contributed by atoms with Gasteiger partial charge in [0.2, 0.25) is 5.91 Å². The van der Waals surface area contributed by atoms with Gasteiger partial charge in [0, 0.05) is 26.1 Å². The summed E-state index contributed by atoms with van der Waals surface area (Å²) in [6.45, 7) is 4.41. The molecule has 3 heterocycles. The SMILES string of the molecule is CC1(CN)CCN(C(=O)C2Cc3ccccc3CN2C(=O)c2ccco2)C1.Cl. The molecule has 4 rings (SSSR count).